The highest BCUT2D eigenvalue weighted by molar-refractivity contribution is 6.12. The Morgan fingerprint density at radius 1 is 0.294 bits per heavy atom. The highest BCUT2D eigenvalue weighted by Gasteiger charge is 2.23. The third-order valence-corrected chi connectivity index (χ3v) is 13.7. The second kappa shape index (κ2) is 16.2. The van der Waals surface area contributed by atoms with Gasteiger partial charge in [0, 0.05) is 38.2 Å². The van der Waals surface area contributed by atoms with E-state index in [1.54, 1.807) is 0 Å². The van der Waals surface area contributed by atoms with Crippen molar-refractivity contribution >= 4 is 43.6 Å². The van der Waals surface area contributed by atoms with Gasteiger partial charge in [-0.25, -0.2) is 15.0 Å². The van der Waals surface area contributed by atoms with Gasteiger partial charge in [-0.2, -0.15) is 0 Å². The Labute approximate surface area is 396 Å². The van der Waals surface area contributed by atoms with Gasteiger partial charge in [-0.15, -0.1) is 0 Å². The standard InChI is InChI=1S/C63H49N5/c1-38-32-40(3)59(41(4)33-38)45-28-30-49-47-20-10-14-24-53(47)67(57(49)36-45)55-26-16-12-22-51(55)62-64-61(44-18-8-7-9-19-44)65-63(66-62)52-23-13-17-27-56(52)68-54-25-15-11-21-48(54)50-31-29-46(37-58(50)68)60-42(5)34-39(2)35-43(60)6/h7-37H,1-6H3. The molecule has 326 valence electrons. The van der Waals surface area contributed by atoms with Gasteiger partial charge in [-0.05, 0) is 135 Å². The molecule has 0 radical (unpaired) electrons. The Kier molecular flexibility index (Phi) is 9.77. The number of rotatable bonds is 7. The van der Waals surface area contributed by atoms with Crippen molar-refractivity contribution < 1.29 is 0 Å². The lowest BCUT2D eigenvalue weighted by Crippen LogP contribution is -2.05. The Hall–Kier alpha value is -8.41. The van der Waals surface area contributed by atoms with Crippen LogP contribution in [0.2, 0.25) is 0 Å². The summed E-state index contributed by atoms with van der Waals surface area (Å²) in [7, 11) is 0. The van der Waals surface area contributed by atoms with Gasteiger partial charge < -0.3 is 9.13 Å². The molecule has 0 aliphatic rings. The Balaban J connectivity index is 1.10. The molecule has 0 N–H and O–H groups in total. The molecule has 0 saturated carbocycles. The van der Waals surface area contributed by atoms with Crippen LogP contribution in [0.1, 0.15) is 33.4 Å². The van der Waals surface area contributed by atoms with Crippen LogP contribution in [0.5, 0.6) is 0 Å². The third kappa shape index (κ3) is 6.73. The van der Waals surface area contributed by atoms with Gasteiger partial charge >= 0.3 is 0 Å². The molecule has 9 aromatic carbocycles. The zero-order chi connectivity index (χ0) is 46.2. The molecule has 0 aliphatic carbocycles. The normalized spacial score (nSPS) is 11.7. The lowest BCUT2D eigenvalue weighted by Gasteiger charge is -2.17. The number of hydrogen-bond donors (Lipinski definition) is 0. The molecule has 5 nitrogen and oxygen atoms in total. The maximum atomic E-state index is 5.50. The minimum atomic E-state index is 0.599. The number of aromatic nitrogens is 5. The zero-order valence-electron chi connectivity index (χ0n) is 39.1. The minimum absolute atomic E-state index is 0.599. The number of para-hydroxylation sites is 4. The van der Waals surface area contributed by atoms with E-state index in [2.05, 4.69) is 221 Å². The van der Waals surface area contributed by atoms with Gasteiger partial charge in [-0.3, -0.25) is 0 Å². The minimum Gasteiger partial charge on any atom is -0.308 e. The van der Waals surface area contributed by atoms with Crippen LogP contribution in [0.3, 0.4) is 0 Å². The second-order valence-electron chi connectivity index (χ2n) is 18.4. The predicted octanol–water partition coefficient (Wildman–Crippen LogP) is 16.3. The molecule has 3 heterocycles. The smallest absolute Gasteiger partial charge is 0.166 e. The van der Waals surface area contributed by atoms with Crippen molar-refractivity contribution in [3.05, 3.63) is 221 Å². The largest absolute Gasteiger partial charge is 0.308 e. The molecule has 0 bridgehead atoms. The van der Waals surface area contributed by atoms with Crippen molar-refractivity contribution in [1.82, 2.24) is 24.1 Å². The first kappa shape index (κ1) is 41.1. The summed E-state index contributed by atoms with van der Waals surface area (Å²) >= 11 is 0. The third-order valence-electron chi connectivity index (χ3n) is 13.7. The molecule has 3 aromatic heterocycles. The topological polar surface area (TPSA) is 48.5 Å². The molecule has 0 unspecified atom stereocenters. The van der Waals surface area contributed by atoms with Crippen LogP contribution < -0.4 is 0 Å². The first-order valence-corrected chi connectivity index (χ1v) is 23.4. The van der Waals surface area contributed by atoms with E-state index in [-0.39, 0.29) is 0 Å². The molecular weight excluding hydrogens is 827 g/mol. The molecule has 5 heteroatoms. The predicted molar refractivity (Wildman–Crippen MR) is 284 cm³/mol. The number of hydrogen-bond acceptors (Lipinski definition) is 3. The molecule has 68 heavy (non-hydrogen) atoms. The van der Waals surface area contributed by atoms with E-state index >= 15 is 0 Å². The van der Waals surface area contributed by atoms with Gasteiger partial charge in [0.25, 0.3) is 0 Å². The molecule has 0 saturated heterocycles. The van der Waals surface area contributed by atoms with Gasteiger partial charge in [0.15, 0.2) is 17.5 Å². The molecule has 12 rings (SSSR count). The highest BCUT2D eigenvalue weighted by atomic mass is 15.1. The summed E-state index contributed by atoms with van der Waals surface area (Å²) < 4.78 is 4.80. The van der Waals surface area contributed by atoms with Crippen LogP contribution in [-0.4, -0.2) is 24.1 Å². The molecular formula is C63H49N5. The second-order valence-corrected chi connectivity index (χ2v) is 18.4. The summed E-state index contributed by atoms with van der Waals surface area (Å²) in [6.07, 6.45) is 0. The number of fused-ring (bicyclic) bond motifs is 6. The van der Waals surface area contributed by atoms with E-state index < -0.39 is 0 Å². The summed E-state index contributed by atoms with van der Waals surface area (Å²) in [6.45, 7) is 13.2. The van der Waals surface area contributed by atoms with Crippen molar-refractivity contribution in [2.24, 2.45) is 0 Å². The van der Waals surface area contributed by atoms with E-state index in [4.69, 9.17) is 15.0 Å². The van der Waals surface area contributed by atoms with E-state index in [9.17, 15) is 0 Å². The average Bonchev–Trinajstić information content (AvgIpc) is 3.85. The van der Waals surface area contributed by atoms with Gasteiger partial charge in [0.2, 0.25) is 0 Å². The summed E-state index contributed by atoms with van der Waals surface area (Å²) in [4.78, 5) is 16.2. The first-order chi connectivity index (χ1) is 33.2. The Morgan fingerprint density at radius 2 is 0.662 bits per heavy atom. The summed E-state index contributed by atoms with van der Waals surface area (Å²) in [5.41, 5.74) is 21.8. The number of benzene rings is 9. The summed E-state index contributed by atoms with van der Waals surface area (Å²) in [6, 6.07) is 67.8. The lowest BCUT2D eigenvalue weighted by molar-refractivity contribution is 1.06. The molecule has 0 amide bonds. The zero-order valence-corrected chi connectivity index (χ0v) is 39.1. The van der Waals surface area contributed by atoms with Crippen molar-refractivity contribution in [3.63, 3.8) is 0 Å². The Bertz CT molecular complexity index is 3700. The average molecular weight is 876 g/mol. The van der Waals surface area contributed by atoms with Gasteiger partial charge in [0.05, 0.1) is 33.4 Å². The maximum absolute atomic E-state index is 5.50. The first-order valence-electron chi connectivity index (χ1n) is 23.4. The number of nitrogens with zero attached hydrogens (tertiary/aromatic N) is 5. The monoisotopic (exact) mass is 875 g/mol. The Morgan fingerprint density at radius 3 is 1.12 bits per heavy atom. The fraction of sp³-hybridized carbons (Fsp3) is 0.0952. The van der Waals surface area contributed by atoms with E-state index in [1.165, 1.54) is 77.2 Å². The van der Waals surface area contributed by atoms with E-state index in [1.807, 2.05) is 18.2 Å². The summed E-state index contributed by atoms with van der Waals surface area (Å²) in [5, 5.41) is 4.77. The van der Waals surface area contributed by atoms with E-state index in [0.29, 0.717) is 17.5 Å². The summed E-state index contributed by atoms with van der Waals surface area (Å²) in [5.74, 6) is 1.81. The lowest BCUT2D eigenvalue weighted by atomic mass is 9.93. The van der Waals surface area contributed by atoms with Gasteiger partial charge in [-0.1, -0.05) is 151 Å². The van der Waals surface area contributed by atoms with Gasteiger partial charge in [0.1, 0.15) is 0 Å². The maximum Gasteiger partial charge on any atom is 0.166 e. The molecule has 0 aliphatic heterocycles. The SMILES string of the molecule is Cc1cc(C)c(-c2ccc3c4ccccc4n(-c4ccccc4-c4nc(-c5ccccc5)nc(-c5ccccc5-n5c6ccccc6c6ccc(-c7c(C)cc(C)cc7C)cc65)n4)c3c2)c(C)c1. The van der Waals surface area contributed by atoms with Crippen molar-refractivity contribution in [2.75, 3.05) is 0 Å². The van der Waals surface area contributed by atoms with Crippen LogP contribution in [0, 0.1) is 41.5 Å². The van der Waals surface area contributed by atoms with Crippen LogP contribution in [0.15, 0.2) is 188 Å². The van der Waals surface area contributed by atoms with Crippen molar-refractivity contribution in [1.29, 1.82) is 0 Å². The molecule has 0 fully saturated rings. The van der Waals surface area contributed by atoms with Crippen LogP contribution in [0.25, 0.3) is 111 Å². The fourth-order valence-corrected chi connectivity index (χ4v) is 11.1. The fourth-order valence-electron chi connectivity index (χ4n) is 11.1. The molecule has 0 atom stereocenters. The number of aryl methyl sites for hydroxylation is 6. The van der Waals surface area contributed by atoms with Crippen molar-refractivity contribution in [2.45, 2.75) is 41.5 Å². The molecule has 0 spiro atoms. The van der Waals surface area contributed by atoms with Crippen LogP contribution in [0.4, 0.5) is 0 Å². The quantitative estimate of drug-likeness (QED) is 0.160. The van der Waals surface area contributed by atoms with E-state index in [0.717, 1.165) is 50.1 Å². The molecule has 12 aromatic rings. The van der Waals surface area contributed by atoms with Crippen molar-refractivity contribution in [3.8, 4) is 67.8 Å². The highest BCUT2D eigenvalue weighted by Crippen LogP contribution is 2.42. The van der Waals surface area contributed by atoms with Crippen LogP contribution >= 0.6 is 0 Å². The van der Waals surface area contributed by atoms with Crippen LogP contribution in [-0.2, 0) is 0 Å².